The summed E-state index contributed by atoms with van der Waals surface area (Å²) in [5.74, 6) is 1.52. The van der Waals surface area contributed by atoms with Crippen LogP contribution >= 0.6 is 0 Å². The highest BCUT2D eigenvalue weighted by atomic mass is 19.3. The van der Waals surface area contributed by atoms with Gasteiger partial charge in [-0.2, -0.15) is 8.78 Å². The molecule has 0 saturated heterocycles. The van der Waals surface area contributed by atoms with Crippen molar-refractivity contribution in [3.8, 4) is 0 Å². The van der Waals surface area contributed by atoms with Gasteiger partial charge < -0.3 is 4.74 Å². The molecule has 210 valence electrons. The summed E-state index contributed by atoms with van der Waals surface area (Å²) >= 11 is 0. The molecule has 0 spiro atoms. The van der Waals surface area contributed by atoms with Gasteiger partial charge in [-0.1, -0.05) is 76.3 Å². The van der Waals surface area contributed by atoms with Crippen LogP contribution in [-0.4, -0.2) is 0 Å². The fraction of sp³-hybridized carbons (Fsp3) is 0.647. The van der Waals surface area contributed by atoms with E-state index >= 15 is 8.78 Å². The highest BCUT2D eigenvalue weighted by Crippen LogP contribution is 2.41. The van der Waals surface area contributed by atoms with Gasteiger partial charge in [-0.25, -0.2) is 4.39 Å². The van der Waals surface area contributed by atoms with Gasteiger partial charge in [0, 0.05) is 0 Å². The van der Waals surface area contributed by atoms with Crippen LogP contribution in [0.25, 0.3) is 0 Å². The Kier molecular flexibility index (Phi) is 10.4. The third-order valence-electron chi connectivity index (χ3n) is 9.47. The summed E-state index contributed by atoms with van der Waals surface area (Å²) in [6.07, 6.45) is 11.1. The van der Waals surface area contributed by atoms with Crippen molar-refractivity contribution in [3.05, 3.63) is 70.5 Å². The van der Waals surface area contributed by atoms with E-state index in [0.717, 1.165) is 43.1 Å². The molecule has 2 fully saturated rings. The van der Waals surface area contributed by atoms with E-state index in [9.17, 15) is 4.39 Å². The summed E-state index contributed by atoms with van der Waals surface area (Å²) in [7, 11) is 0. The van der Waals surface area contributed by atoms with Crippen LogP contribution in [-0.2, 0) is 10.8 Å². The minimum atomic E-state index is -3.70. The van der Waals surface area contributed by atoms with Crippen molar-refractivity contribution in [2.24, 2.45) is 11.8 Å². The van der Waals surface area contributed by atoms with E-state index in [-0.39, 0.29) is 5.92 Å². The van der Waals surface area contributed by atoms with E-state index in [1.165, 1.54) is 75.5 Å². The molecule has 1 unspecified atom stereocenters. The second-order valence-electron chi connectivity index (χ2n) is 12.0. The molecule has 2 saturated carbocycles. The molecule has 0 bridgehead atoms. The van der Waals surface area contributed by atoms with Crippen LogP contribution in [0.3, 0.4) is 0 Å². The predicted molar refractivity (Wildman–Crippen MR) is 150 cm³/mol. The van der Waals surface area contributed by atoms with Crippen molar-refractivity contribution in [1.82, 2.24) is 0 Å². The Morgan fingerprint density at radius 1 is 0.789 bits per heavy atom. The number of unbranched alkanes of at least 4 members (excludes halogenated alkanes) is 2. The summed E-state index contributed by atoms with van der Waals surface area (Å²) in [4.78, 5) is 0. The van der Waals surface area contributed by atoms with Gasteiger partial charge in [-0.3, -0.25) is 0 Å². The third-order valence-corrected chi connectivity index (χ3v) is 9.47. The Balaban J connectivity index is 1.32. The molecular formula is C34H47F3O. The highest BCUT2D eigenvalue weighted by Gasteiger charge is 2.38. The molecule has 4 rings (SSSR count). The van der Waals surface area contributed by atoms with E-state index in [4.69, 9.17) is 4.74 Å². The van der Waals surface area contributed by atoms with Gasteiger partial charge in [0.25, 0.3) is 0 Å². The zero-order chi connectivity index (χ0) is 27.1. The van der Waals surface area contributed by atoms with Crippen molar-refractivity contribution in [1.29, 1.82) is 0 Å². The molecule has 38 heavy (non-hydrogen) atoms. The van der Waals surface area contributed by atoms with Crippen molar-refractivity contribution < 1.29 is 17.9 Å². The third kappa shape index (κ3) is 7.43. The Morgan fingerprint density at radius 2 is 1.37 bits per heavy atom. The van der Waals surface area contributed by atoms with Gasteiger partial charge in [0.2, 0.25) is 0 Å². The Morgan fingerprint density at radius 3 is 1.95 bits per heavy atom. The van der Waals surface area contributed by atoms with E-state index in [2.05, 4.69) is 26.0 Å². The van der Waals surface area contributed by atoms with Crippen LogP contribution in [0.1, 0.15) is 144 Å². The van der Waals surface area contributed by atoms with E-state index in [1.54, 1.807) is 13.0 Å². The Hall–Kier alpha value is -1.81. The fourth-order valence-corrected chi connectivity index (χ4v) is 6.79. The molecule has 0 N–H and O–H groups in total. The molecule has 0 aromatic heterocycles. The van der Waals surface area contributed by atoms with Gasteiger partial charge in [0.05, 0.1) is 11.7 Å². The number of benzene rings is 2. The summed E-state index contributed by atoms with van der Waals surface area (Å²) in [5.41, 5.74) is 2.12. The lowest BCUT2D eigenvalue weighted by Gasteiger charge is -2.29. The van der Waals surface area contributed by atoms with Gasteiger partial charge >= 0.3 is 6.11 Å². The minimum absolute atomic E-state index is 0.254. The van der Waals surface area contributed by atoms with Crippen molar-refractivity contribution in [3.63, 3.8) is 0 Å². The Labute approximate surface area is 228 Å². The molecule has 0 heterocycles. The molecule has 0 amide bonds. The van der Waals surface area contributed by atoms with Gasteiger partial charge in [0.1, 0.15) is 5.82 Å². The quantitative estimate of drug-likeness (QED) is 0.264. The molecule has 0 aliphatic heterocycles. The number of ether oxygens (including phenoxy) is 1. The number of hydrogen-bond donors (Lipinski definition) is 0. The zero-order valence-corrected chi connectivity index (χ0v) is 23.7. The minimum Gasteiger partial charge on any atom is -0.309 e. The lowest BCUT2D eigenvalue weighted by Crippen LogP contribution is -2.22. The first-order valence-corrected chi connectivity index (χ1v) is 15.3. The first-order valence-electron chi connectivity index (χ1n) is 15.3. The zero-order valence-electron chi connectivity index (χ0n) is 23.7. The standard InChI is InChI=1S/C34H47F3O/c1-4-6-7-8-26-11-15-28(16-12-26)29-19-17-27(18-20-29)24(3)38-34(36,37)32-22-21-31(23-33(32)35)30-13-9-25(5-2)10-14-30/h17-26,28,30H,4-16H2,1-3H3. The molecule has 2 aromatic carbocycles. The molecule has 2 aliphatic carbocycles. The first-order chi connectivity index (χ1) is 18.3. The van der Waals surface area contributed by atoms with Crippen molar-refractivity contribution in [2.45, 2.75) is 128 Å². The summed E-state index contributed by atoms with van der Waals surface area (Å²) in [6.45, 7) is 6.07. The maximum atomic E-state index is 15.1. The number of rotatable bonds is 11. The topological polar surface area (TPSA) is 9.23 Å². The average Bonchev–Trinajstić information content (AvgIpc) is 2.93. The van der Waals surface area contributed by atoms with Crippen LogP contribution in [0.15, 0.2) is 42.5 Å². The van der Waals surface area contributed by atoms with Crippen LogP contribution in [0.5, 0.6) is 0 Å². The van der Waals surface area contributed by atoms with E-state index < -0.39 is 23.6 Å². The van der Waals surface area contributed by atoms with Crippen molar-refractivity contribution >= 4 is 0 Å². The number of hydrogen-bond acceptors (Lipinski definition) is 1. The highest BCUT2D eigenvalue weighted by molar-refractivity contribution is 5.30. The van der Waals surface area contributed by atoms with Crippen LogP contribution in [0, 0.1) is 17.7 Å². The second-order valence-corrected chi connectivity index (χ2v) is 12.0. The van der Waals surface area contributed by atoms with Crippen molar-refractivity contribution in [2.75, 3.05) is 0 Å². The molecule has 2 aromatic rings. The molecule has 4 heteroatoms. The van der Waals surface area contributed by atoms with Gasteiger partial charge in [-0.05, 0) is 111 Å². The normalized spacial score (nSPS) is 25.3. The molecule has 1 nitrogen and oxygen atoms in total. The van der Waals surface area contributed by atoms with Gasteiger partial charge in [0.15, 0.2) is 0 Å². The maximum Gasteiger partial charge on any atom is 0.386 e. The summed E-state index contributed by atoms with van der Waals surface area (Å²) in [5, 5.41) is 0. The predicted octanol–water partition coefficient (Wildman–Crippen LogP) is 11.2. The second kappa shape index (κ2) is 13.5. The maximum absolute atomic E-state index is 15.1. The van der Waals surface area contributed by atoms with Gasteiger partial charge in [-0.15, -0.1) is 0 Å². The first kappa shape index (κ1) is 29.2. The van der Waals surface area contributed by atoms with E-state index in [0.29, 0.717) is 11.5 Å². The van der Waals surface area contributed by atoms with Crippen LogP contribution in [0.4, 0.5) is 13.2 Å². The average molecular weight is 529 g/mol. The van der Waals surface area contributed by atoms with Crippen LogP contribution in [0.2, 0.25) is 0 Å². The largest absolute Gasteiger partial charge is 0.386 e. The lowest BCUT2D eigenvalue weighted by molar-refractivity contribution is -0.273. The molecule has 1 atom stereocenters. The SMILES string of the molecule is CCCCCC1CCC(c2ccc(C(C)OC(F)(F)c3ccc(C4CCC(CC)CC4)cc3F)cc2)CC1. The Bertz CT molecular complexity index is 985. The summed E-state index contributed by atoms with van der Waals surface area (Å²) in [6, 6.07) is 12.1. The monoisotopic (exact) mass is 528 g/mol. The molecule has 0 radical (unpaired) electrons. The number of halogens is 3. The van der Waals surface area contributed by atoms with E-state index in [1.807, 2.05) is 12.1 Å². The molecule has 2 aliphatic rings. The van der Waals surface area contributed by atoms with Crippen LogP contribution < -0.4 is 0 Å². The lowest BCUT2D eigenvalue weighted by atomic mass is 9.77. The smallest absolute Gasteiger partial charge is 0.309 e. The number of alkyl halides is 2. The summed E-state index contributed by atoms with van der Waals surface area (Å²) < 4.78 is 50.2. The molecular weight excluding hydrogens is 481 g/mol. The fourth-order valence-electron chi connectivity index (χ4n) is 6.79.